The molecule has 0 aliphatic carbocycles. The number of imidazole rings is 1. The van der Waals surface area contributed by atoms with Gasteiger partial charge in [-0.1, -0.05) is 24.3 Å². The third kappa shape index (κ3) is 2.70. The molecule has 2 heterocycles. The Hall–Kier alpha value is -3.34. The van der Waals surface area contributed by atoms with Crippen molar-refractivity contribution in [3.63, 3.8) is 0 Å². The molecule has 0 amide bonds. The van der Waals surface area contributed by atoms with Crippen molar-refractivity contribution in [2.24, 2.45) is 0 Å². The number of hydrogen-bond acceptors (Lipinski definition) is 4. The molecule has 124 valence electrons. The lowest BCUT2D eigenvalue weighted by Crippen LogP contribution is -2.00. The fraction of sp³-hybridized carbons (Fsp3) is 0.100. The number of aromatic nitrogens is 2. The van der Waals surface area contributed by atoms with Crippen molar-refractivity contribution in [2.45, 2.75) is 6.92 Å². The van der Waals surface area contributed by atoms with Crippen molar-refractivity contribution in [3.05, 3.63) is 65.7 Å². The Balaban J connectivity index is 1.67. The highest BCUT2D eigenvalue weighted by Crippen LogP contribution is 2.29. The van der Waals surface area contributed by atoms with Gasteiger partial charge in [-0.15, -0.1) is 0 Å². The molecule has 0 bridgehead atoms. The third-order valence-corrected chi connectivity index (χ3v) is 4.16. The molecule has 0 fully saturated rings. The van der Waals surface area contributed by atoms with Crippen molar-refractivity contribution in [1.29, 1.82) is 0 Å². The Morgan fingerprint density at radius 2 is 1.80 bits per heavy atom. The van der Waals surface area contributed by atoms with E-state index in [4.69, 9.17) is 9.15 Å². The van der Waals surface area contributed by atoms with Crippen LogP contribution in [0, 0.1) is 6.92 Å². The average Bonchev–Trinajstić information content (AvgIpc) is 3.29. The topological polar surface area (TPSA) is 68.1 Å². The lowest BCUT2D eigenvalue weighted by molar-refractivity contribution is 0.0600. The van der Waals surface area contributed by atoms with Gasteiger partial charge in [0.05, 0.1) is 23.7 Å². The number of esters is 1. The largest absolute Gasteiger partial charge is 0.465 e. The zero-order valence-electron chi connectivity index (χ0n) is 13.9. The van der Waals surface area contributed by atoms with Crippen molar-refractivity contribution >= 4 is 17.0 Å². The molecule has 0 atom stereocenters. The summed E-state index contributed by atoms with van der Waals surface area (Å²) in [6.07, 6.45) is 0. The minimum atomic E-state index is -0.357. The minimum absolute atomic E-state index is 0.357. The maximum absolute atomic E-state index is 11.5. The van der Waals surface area contributed by atoms with Crippen LogP contribution in [0.1, 0.15) is 15.9 Å². The highest BCUT2D eigenvalue weighted by Gasteiger charge is 2.12. The van der Waals surface area contributed by atoms with Crippen molar-refractivity contribution in [3.8, 4) is 22.9 Å². The van der Waals surface area contributed by atoms with Gasteiger partial charge < -0.3 is 14.1 Å². The Morgan fingerprint density at radius 1 is 1.04 bits per heavy atom. The molecule has 4 rings (SSSR count). The molecule has 1 N–H and O–H groups in total. The predicted molar refractivity (Wildman–Crippen MR) is 95.3 cm³/mol. The molecule has 0 aliphatic heterocycles. The van der Waals surface area contributed by atoms with E-state index in [2.05, 4.69) is 9.97 Å². The van der Waals surface area contributed by atoms with Gasteiger partial charge in [0.25, 0.3) is 0 Å². The first-order valence-corrected chi connectivity index (χ1v) is 7.90. The minimum Gasteiger partial charge on any atom is -0.465 e. The summed E-state index contributed by atoms with van der Waals surface area (Å²) < 4.78 is 10.6. The van der Waals surface area contributed by atoms with Crippen molar-refractivity contribution < 1.29 is 13.9 Å². The number of nitrogens with zero attached hydrogens (tertiary/aromatic N) is 1. The van der Waals surface area contributed by atoms with Crippen LogP contribution in [-0.4, -0.2) is 23.0 Å². The fourth-order valence-corrected chi connectivity index (χ4v) is 2.80. The Kier molecular flexibility index (Phi) is 3.61. The van der Waals surface area contributed by atoms with Crippen LogP contribution in [0.2, 0.25) is 0 Å². The average molecular weight is 332 g/mol. The van der Waals surface area contributed by atoms with Crippen molar-refractivity contribution in [1.82, 2.24) is 9.97 Å². The van der Waals surface area contributed by atoms with Crippen LogP contribution in [-0.2, 0) is 4.74 Å². The van der Waals surface area contributed by atoms with E-state index >= 15 is 0 Å². The van der Waals surface area contributed by atoms with E-state index < -0.39 is 0 Å². The van der Waals surface area contributed by atoms with E-state index in [-0.39, 0.29) is 5.97 Å². The van der Waals surface area contributed by atoms with E-state index in [0.717, 1.165) is 22.2 Å². The van der Waals surface area contributed by atoms with Crippen LogP contribution in [0.25, 0.3) is 33.9 Å². The summed E-state index contributed by atoms with van der Waals surface area (Å²) in [5.41, 5.74) is 4.45. The van der Waals surface area contributed by atoms with Gasteiger partial charge in [0, 0.05) is 5.56 Å². The monoisotopic (exact) mass is 332 g/mol. The number of rotatable bonds is 3. The van der Waals surface area contributed by atoms with E-state index in [0.29, 0.717) is 22.9 Å². The molecule has 5 heteroatoms. The number of hydrogen-bond donors (Lipinski definition) is 1. The number of benzene rings is 2. The number of fused-ring (bicyclic) bond motifs is 1. The number of methoxy groups -OCH3 is 1. The summed E-state index contributed by atoms with van der Waals surface area (Å²) in [6, 6.07) is 16.9. The third-order valence-electron chi connectivity index (χ3n) is 4.16. The van der Waals surface area contributed by atoms with Crippen LogP contribution < -0.4 is 0 Å². The second-order valence-electron chi connectivity index (χ2n) is 5.79. The van der Waals surface area contributed by atoms with Crippen molar-refractivity contribution in [2.75, 3.05) is 7.11 Å². The van der Waals surface area contributed by atoms with Gasteiger partial charge in [0.1, 0.15) is 5.76 Å². The molecule has 0 saturated carbocycles. The van der Waals surface area contributed by atoms with E-state index in [1.165, 1.54) is 7.11 Å². The first kappa shape index (κ1) is 15.2. The van der Waals surface area contributed by atoms with Gasteiger partial charge in [-0.3, -0.25) is 0 Å². The molecule has 0 unspecified atom stereocenters. The molecule has 0 radical (unpaired) electrons. The summed E-state index contributed by atoms with van der Waals surface area (Å²) in [6.45, 7) is 2.04. The number of aryl methyl sites for hydroxylation is 1. The van der Waals surface area contributed by atoms with Gasteiger partial charge >= 0.3 is 5.97 Å². The molecule has 2 aromatic carbocycles. The number of carbonyl (C=O) groups excluding carboxylic acids is 1. The van der Waals surface area contributed by atoms with Crippen LogP contribution in [0.4, 0.5) is 0 Å². The van der Waals surface area contributed by atoms with Crippen LogP contribution in [0.3, 0.4) is 0 Å². The smallest absolute Gasteiger partial charge is 0.337 e. The Morgan fingerprint density at radius 3 is 2.52 bits per heavy atom. The summed E-state index contributed by atoms with van der Waals surface area (Å²) in [7, 11) is 1.37. The quantitative estimate of drug-likeness (QED) is 0.557. The van der Waals surface area contributed by atoms with Gasteiger partial charge in [0.2, 0.25) is 0 Å². The van der Waals surface area contributed by atoms with Crippen LogP contribution in [0.15, 0.2) is 59.0 Å². The highest BCUT2D eigenvalue weighted by atomic mass is 16.5. The number of ether oxygens (including phenoxy) is 1. The van der Waals surface area contributed by atoms with Gasteiger partial charge in [-0.2, -0.15) is 0 Å². The number of furan rings is 1. The summed E-state index contributed by atoms with van der Waals surface area (Å²) in [5, 5.41) is 0. The molecule has 0 aliphatic rings. The zero-order chi connectivity index (χ0) is 17.4. The maximum atomic E-state index is 11.5. The maximum Gasteiger partial charge on any atom is 0.337 e. The fourth-order valence-electron chi connectivity index (χ4n) is 2.80. The normalized spacial score (nSPS) is 11.0. The Bertz CT molecular complexity index is 1060. The molecule has 2 aromatic heterocycles. The SMILES string of the molecule is COC(=O)c1ccc(-c2ccc(-c3nc4cccc(C)c4[nH]3)o2)cc1. The van der Waals surface area contributed by atoms with Crippen LogP contribution in [0.5, 0.6) is 0 Å². The Labute approximate surface area is 144 Å². The molecule has 0 saturated heterocycles. The van der Waals surface area contributed by atoms with Crippen LogP contribution >= 0.6 is 0 Å². The standard InChI is InChI=1S/C20H16N2O3/c1-12-4-3-5-15-18(12)22-19(21-15)17-11-10-16(25-17)13-6-8-14(9-7-13)20(23)24-2/h3-11H,1-2H3,(H,21,22). The molecule has 25 heavy (non-hydrogen) atoms. The molecule has 5 nitrogen and oxygen atoms in total. The van der Waals surface area contributed by atoms with E-state index in [1.54, 1.807) is 12.1 Å². The number of aromatic amines is 1. The number of nitrogens with one attached hydrogen (secondary N) is 1. The number of para-hydroxylation sites is 1. The summed E-state index contributed by atoms with van der Waals surface area (Å²) in [5.74, 6) is 1.72. The summed E-state index contributed by atoms with van der Waals surface area (Å²) in [4.78, 5) is 19.4. The molecule has 4 aromatic rings. The highest BCUT2D eigenvalue weighted by molar-refractivity contribution is 5.89. The second kappa shape index (κ2) is 5.94. The summed E-state index contributed by atoms with van der Waals surface area (Å²) >= 11 is 0. The molecule has 0 spiro atoms. The van der Waals surface area contributed by atoms with Gasteiger partial charge in [-0.25, -0.2) is 9.78 Å². The first-order chi connectivity index (χ1) is 12.2. The lowest BCUT2D eigenvalue weighted by atomic mass is 10.1. The van der Waals surface area contributed by atoms with E-state index in [9.17, 15) is 4.79 Å². The predicted octanol–water partition coefficient (Wildman–Crippen LogP) is 4.58. The number of H-pyrrole nitrogens is 1. The lowest BCUT2D eigenvalue weighted by Gasteiger charge is -2.00. The number of carbonyl (C=O) groups is 1. The first-order valence-electron chi connectivity index (χ1n) is 7.90. The second-order valence-corrected chi connectivity index (χ2v) is 5.79. The van der Waals surface area contributed by atoms with Gasteiger partial charge in [-0.05, 0) is 42.8 Å². The van der Waals surface area contributed by atoms with E-state index in [1.807, 2.05) is 49.4 Å². The molecular formula is C20H16N2O3. The van der Waals surface area contributed by atoms with Gasteiger partial charge in [0.15, 0.2) is 11.6 Å². The zero-order valence-corrected chi connectivity index (χ0v) is 13.9. The molecular weight excluding hydrogens is 316 g/mol.